The molecule has 0 radical (unpaired) electrons. The molecule has 1 aromatic carbocycles. The molecule has 0 fully saturated rings. The smallest absolute Gasteiger partial charge is 0.321 e. The van der Waals surface area contributed by atoms with E-state index in [4.69, 9.17) is 9.84 Å². The van der Waals surface area contributed by atoms with Crippen LogP contribution in [-0.2, 0) is 19.6 Å². The van der Waals surface area contributed by atoms with E-state index in [2.05, 4.69) is 4.72 Å². The van der Waals surface area contributed by atoms with Crippen LogP contribution in [0.25, 0.3) is 0 Å². The molecule has 0 saturated heterocycles. The van der Waals surface area contributed by atoms with E-state index in [1.54, 1.807) is 0 Å². The number of sulfonamides is 1. The topological polar surface area (TPSA) is 92.7 Å². The summed E-state index contributed by atoms with van der Waals surface area (Å²) in [5.41, 5.74) is 0.309. The van der Waals surface area contributed by atoms with Gasteiger partial charge in [0.2, 0.25) is 10.0 Å². The van der Waals surface area contributed by atoms with Crippen LogP contribution in [0.3, 0.4) is 0 Å². The van der Waals surface area contributed by atoms with Gasteiger partial charge in [0.25, 0.3) is 0 Å². The maximum Gasteiger partial charge on any atom is 0.321 e. The first-order valence-electron chi connectivity index (χ1n) is 6.28. The number of carboxylic acids is 1. The van der Waals surface area contributed by atoms with Gasteiger partial charge in [0, 0.05) is 13.7 Å². The van der Waals surface area contributed by atoms with Crippen molar-refractivity contribution in [3.05, 3.63) is 29.6 Å². The summed E-state index contributed by atoms with van der Waals surface area (Å²) in [7, 11) is -2.63. The number of hydrogen-bond acceptors (Lipinski definition) is 4. The van der Waals surface area contributed by atoms with E-state index in [-0.39, 0.29) is 11.3 Å². The predicted octanol–water partition coefficient (Wildman–Crippen LogP) is 1.29. The summed E-state index contributed by atoms with van der Waals surface area (Å²) in [4.78, 5) is 10.8. The van der Waals surface area contributed by atoms with Gasteiger partial charge in [0.05, 0.1) is 4.90 Å². The molecule has 0 bridgehead atoms. The number of carbonyl (C=O) groups is 1. The van der Waals surface area contributed by atoms with Gasteiger partial charge in [-0.25, -0.2) is 12.8 Å². The highest BCUT2D eigenvalue weighted by Gasteiger charge is 2.25. The second-order valence-electron chi connectivity index (χ2n) is 4.56. The van der Waals surface area contributed by atoms with E-state index < -0.39 is 27.9 Å². The maximum atomic E-state index is 13.4. The number of ether oxygens (including phenoxy) is 1. The number of halogens is 1. The fraction of sp³-hybridized carbons (Fsp3) is 0.462. The van der Waals surface area contributed by atoms with Gasteiger partial charge in [-0.05, 0) is 37.5 Å². The number of aliphatic carboxylic acids is 1. The molecule has 118 valence electrons. The molecule has 0 spiro atoms. The lowest BCUT2D eigenvalue weighted by Crippen LogP contribution is -2.40. The molecule has 0 amide bonds. The summed E-state index contributed by atoms with van der Waals surface area (Å²) in [6.45, 7) is 1.83. The van der Waals surface area contributed by atoms with Gasteiger partial charge in [0.15, 0.2) is 0 Å². The first-order valence-corrected chi connectivity index (χ1v) is 7.76. The van der Waals surface area contributed by atoms with Crippen LogP contribution in [0.15, 0.2) is 23.1 Å². The van der Waals surface area contributed by atoms with Gasteiger partial charge in [-0.3, -0.25) is 4.79 Å². The quantitative estimate of drug-likeness (QED) is 0.704. The van der Waals surface area contributed by atoms with E-state index in [1.807, 2.05) is 0 Å². The zero-order valence-electron chi connectivity index (χ0n) is 11.8. The van der Waals surface area contributed by atoms with Crippen molar-refractivity contribution < 1.29 is 27.4 Å². The van der Waals surface area contributed by atoms with Crippen LogP contribution in [0.5, 0.6) is 0 Å². The number of aryl methyl sites for hydroxylation is 1. The molecule has 6 nitrogen and oxygen atoms in total. The highest BCUT2D eigenvalue weighted by Crippen LogP contribution is 2.15. The first-order chi connectivity index (χ1) is 9.77. The number of nitrogens with one attached hydrogen (secondary N) is 1. The summed E-state index contributed by atoms with van der Waals surface area (Å²) >= 11 is 0. The number of benzene rings is 1. The maximum absolute atomic E-state index is 13.4. The monoisotopic (exact) mass is 319 g/mol. The zero-order chi connectivity index (χ0) is 16.0. The normalized spacial score (nSPS) is 13.1. The lowest BCUT2D eigenvalue weighted by atomic mass is 10.2. The summed E-state index contributed by atoms with van der Waals surface area (Å²) in [6, 6.07) is 2.14. The minimum atomic E-state index is -4.09. The summed E-state index contributed by atoms with van der Waals surface area (Å²) in [6.07, 6.45) is 0.467. The van der Waals surface area contributed by atoms with Gasteiger partial charge in [-0.15, -0.1) is 0 Å². The number of rotatable bonds is 8. The van der Waals surface area contributed by atoms with Crippen LogP contribution >= 0.6 is 0 Å². The fourth-order valence-electron chi connectivity index (χ4n) is 1.66. The molecule has 21 heavy (non-hydrogen) atoms. The third-order valence-corrected chi connectivity index (χ3v) is 4.36. The highest BCUT2D eigenvalue weighted by atomic mass is 32.2. The molecular weight excluding hydrogens is 301 g/mol. The molecule has 8 heteroatoms. The summed E-state index contributed by atoms with van der Waals surface area (Å²) in [5, 5.41) is 9.04. The van der Waals surface area contributed by atoms with Crippen molar-refractivity contribution in [2.24, 2.45) is 0 Å². The third kappa shape index (κ3) is 5.07. The first kappa shape index (κ1) is 17.5. The number of carboxylic acid groups (broad SMARTS) is 1. The van der Waals surface area contributed by atoms with Crippen molar-refractivity contribution in [3.63, 3.8) is 0 Å². The Kier molecular flexibility index (Phi) is 6.25. The van der Waals surface area contributed by atoms with E-state index in [9.17, 15) is 17.6 Å². The lowest BCUT2D eigenvalue weighted by molar-refractivity contribution is -0.139. The SMILES string of the molecule is COCCCC(NS(=O)(=O)c1ccc(C)c(F)c1)C(=O)O. The predicted molar refractivity (Wildman–Crippen MR) is 74.0 cm³/mol. The van der Waals surface area contributed by atoms with Crippen molar-refractivity contribution >= 4 is 16.0 Å². The number of hydrogen-bond donors (Lipinski definition) is 2. The highest BCUT2D eigenvalue weighted by molar-refractivity contribution is 7.89. The molecule has 0 aliphatic rings. The Morgan fingerprint density at radius 2 is 2.14 bits per heavy atom. The Labute approximate surface area is 123 Å². The van der Waals surface area contributed by atoms with Gasteiger partial charge in [0.1, 0.15) is 11.9 Å². The van der Waals surface area contributed by atoms with Crippen LogP contribution in [0.4, 0.5) is 4.39 Å². The standard InChI is InChI=1S/C13H18FNO5S/c1-9-5-6-10(8-11(9)14)21(18,19)15-12(13(16)17)4-3-7-20-2/h5-6,8,12,15H,3-4,7H2,1-2H3,(H,16,17). The molecule has 1 aromatic rings. The lowest BCUT2D eigenvalue weighted by Gasteiger charge is -2.15. The van der Waals surface area contributed by atoms with Crippen molar-refractivity contribution in [2.45, 2.75) is 30.7 Å². The molecule has 2 N–H and O–H groups in total. The van der Waals surface area contributed by atoms with E-state index in [0.29, 0.717) is 18.6 Å². The third-order valence-electron chi connectivity index (χ3n) is 2.89. The Morgan fingerprint density at radius 3 is 2.67 bits per heavy atom. The average Bonchev–Trinajstić information content (AvgIpc) is 2.40. The Bertz CT molecular complexity index is 603. The molecule has 0 saturated carbocycles. The van der Waals surface area contributed by atoms with Crippen molar-refractivity contribution in [1.82, 2.24) is 4.72 Å². The molecule has 0 aliphatic carbocycles. The van der Waals surface area contributed by atoms with Gasteiger partial charge in [-0.1, -0.05) is 6.07 Å². The second-order valence-corrected chi connectivity index (χ2v) is 6.27. The van der Waals surface area contributed by atoms with Crippen LogP contribution in [0.2, 0.25) is 0 Å². The second kappa shape index (κ2) is 7.48. The van der Waals surface area contributed by atoms with Gasteiger partial charge < -0.3 is 9.84 Å². The van der Waals surface area contributed by atoms with Crippen LogP contribution < -0.4 is 4.72 Å². The van der Waals surface area contributed by atoms with Gasteiger partial charge >= 0.3 is 5.97 Å². The van der Waals surface area contributed by atoms with Crippen molar-refractivity contribution in [1.29, 1.82) is 0 Å². The van der Waals surface area contributed by atoms with E-state index in [1.165, 1.54) is 26.2 Å². The molecular formula is C13H18FNO5S. The van der Waals surface area contributed by atoms with Crippen molar-refractivity contribution in [3.8, 4) is 0 Å². The average molecular weight is 319 g/mol. The molecule has 0 heterocycles. The van der Waals surface area contributed by atoms with Crippen LogP contribution in [0.1, 0.15) is 18.4 Å². The Balaban J connectivity index is 2.89. The molecule has 1 unspecified atom stereocenters. The summed E-state index contributed by atoms with van der Waals surface area (Å²) < 4.78 is 44.4. The molecule has 0 aromatic heterocycles. The zero-order valence-corrected chi connectivity index (χ0v) is 12.6. The Morgan fingerprint density at radius 1 is 1.48 bits per heavy atom. The van der Waals surface area contributed by atoms with Crippen LogP contribution in [0, 0.1) is 12.7 Å². The number of methoxy groups -OCH3 is 1. The molecule has 1 atom stereocenters. The van der Waals surface area contributed by atoms with Crippen LogP contribution in [-0.4, -0.2) is 39.3 Å². The minimum Gasteiger partial charge on any atom is -0.480 e. The summed E-state index contributed by atoms with van der Waals surface area (Å²) in [5.74, 6) is -1.95. The largest absolute Gasteiger partial charge is 0.480 e. The van der Waals surface area contributed by atoms with Crippen molar-refractivity contribution in [2.75, 3.05) is 13.7 Å². The van der Waals surface area contributed by atoms with E-state index >= 15 is 0 Å². The Hall–Kier alpha value is -1.51. The van der Waals surface area contributed by atoms with E-state index in [0.717, 1.165) is 6.07 Å². The minimum absolute atomic E-state index is 0.0801. The molecule has 0 aliphatic heterocycles. The van der Waals surface area contributed by atoms with Gasteiger partial charge in [-0.2, -0.15) is 4.72 Å². The fourth-order valence-corrected chi connectivity index (χ4v) is 2.90. The molecule has 1 rings (SSSR count).